The molecule has 1 unspecified atom stereocenters. The van der Waals surface area contributed by atoms with E-state index in [1.54, 1.807) is 6.92 Å². The van der Waals surface area contributed by atoms with Gasteiger partial charge in [0.15, 0.2) is 0 Å². The molecule has 0 aromatic rings. The van der Waals surface area contributed by atoms with Gasteiger partial charge in [-0.1, -0.05) is 173 Å². The Morgan fingerprint density at radius 2 is 0.818 bits per heavy atom. The molecule has 0 radical (unpaired) electrons. The first-order chi connectivity index (χ1) is 21.6. The van der Waals surface area contributed by atoms with Gasteiger partial charge in [-0.15, -0.1) is 0 Å². The van der Waals surface area contributed by atoms with Crippen LogP contribution in [-0.4, -0.2) is 18.2 Å². The molecular weight excluding hydrogens is 538 g/mol. The highest BCUT2D eigenvalue weighted by Crippen LogP contribution is 2.15. The van der Waals surface area contributed by atoms with Gasteiger partial charge in [-0.25, -0.2) is 0 Å². The van der Waals surface area contributed by atoms with Crippen molar-refractivity contribution in [3.63, 3.8) is 0 Å². The number of hydrogen-bond acceptors (Lipinski definition) is 2. The van der Waals surface area contributed by atoms with E-state index in [-0.39, 0.29) is 17.6 Å². The fraction of sp³-hybridized carbons (Fsp3) is 0.854. The topological polar surface area (TPSA) is 46.2 Å². The molecule has 0 aliphatic carbocycles. The van der Waals surface area contributed by atoms with Gasteiger partial charge in [-0.2, -0.15) is 0 Å². The fourth-order valence-corrected chi connectivity index (χ4v) is 5.95. The monoisotopic (exact) mass is 616 g/mol. The number of unbranched alkanes of at least 4 members (excludes halogenated alkanes) is 25. The quantitative estimate of drug-likeness (QED) is 0.0569. The van der Waals surface area contributed by atoms with Gasteiger partial charge < -0.3 is 5.32 Å². The third-order valence-electron chi connectivity index (χ3n) is 9.08. The summed E-state index contributed by atoms with van der Waals surface area (Å²) in [5.74, 6) is -0.0245. The number of carbonyl (C=O) groups excluding carboxylic acids is 2. The third kappa shape index (κ3) is 33.5. The van der Waals surface area contributed by atoms with Gasteiger partial charge in [0.1, 0.15) is 5.78 Å². The molecule has 44 heavy (non-hydrogen) atoms. The number of hydrogen-bond donors (Lipinski definition) is 1. The first-order valence-electron chi connectivity index (χ1n) is 19.7. The van der Waals surface area contributed by atoms with Crippen LogP contribution in [0, 0.1) is 5.92 Å². The van der Waals surface area contributed by atoms with Crippen LogP contribution in [-0.2, 0) is 9.59 Å². The van der Waals surface area contributed by atoms with Crippen LogP contribution in [0.4, 0.5) is 0 Å². The maximum atomic E-state index is 12.4. The van der Waals surface area contributed by atoms with Gasteiger partial charge in [0.05, 0.1) is 0 Å². The highest BCUT2D eigenvalue weighted by atomic mass is 16.2. The molecular formula is C41H77NO2. The molecule has 0 saturated heterocycles. The molecule has 0 spiro atoms. The Kier molecular flexibility index (Phi) is 35.0. The molecule has 0 bridgehead atoms. The van der Waals surface area contributed by atoms with Crippen molar-refractivity contribution in [1.82, 2.24) is 5.32 Å². The van der Waals surface area contributed by atoms with Crippen LogP contribution in [0.2, 0.25) is 0 Å². The van der Waals surface area contributed by atoms with Crippen molar-refractivity contribution in [2.24, 2.45) is 5.92 Å². The Morgan fingerprint density at radius 1 is 0.477 bits per heavy atom. The molecule has 0 fully saturated rings. The van der Waals surface area contributed by atoms with E-state index >= 15 is 0 Å². The minimum Gasteiger partial charge on any atom is -0.356 e. The molecule has 3 nitrogen and oxygen atoms in total. The summed E-state index contributed by atoms with van der Waals surface area (Å²) in [4.78, 5) is 24.5. The van der Waals surface area contributed by atoms with Crippen molar-refractivity contribution in [3.8, 4) is 0 Å². The lowest BCUT2D eigenvalue weighted by Crippen LogP contribution is -2.28. The predicted octanol–water partition coefficient (Wildman–Crippen LogP) is 13.2. The van der Waals surface area contributed by atoms with E-state index in [2.05, 4.69) is 43.5 Å². The average molecular weight is 616 g/mol. The van der Waals surface area contributed by atoms with Gasteiger partial charge in [0.2, 0.25) is 5.91 Å². The summed E-state index contributed by atoms with van der Waals surface area (Å²) in [5, 5.41) is 3.05. The SMILES string of the molecule is CCCCCCCC/C=C/CCCCCCCCNC(=O)CC(C/C=C/CCCCCCCCCCCCCCC)C(C)=O. The summed E-state index contributed by atoms with van der Waals surface area (Å²) < 4.78 is 0. The van der Waals surface area contributed by atoms with E-state index in [1.807, 2.05) is 0 Å². The second-order valence-electron chi connectivity index (χ2n) is 13.5. The summed E-state index contributed by atoms with van der Waals surface area (Å²) in [6.07, 6.45) is 47.2. The molecule has 1 amide bonds. The number of Topliss-reactive ketones (excluding diaryl/α,β-unsaturated/α-hetero) is 1. The number of nitrogens with one attached hydrogen (secondary N) is 1. The number of rotatable bonds is 35. The standard InChI is InChI=1S/C41H77NO2/c1-4-6-8-10-12-14-16-18-20-22-24-26-28-30-32-34-36-40(39(3)43)38-41(44)42-37-35-33-31-29-27-25-23-21-19-17-15-13-11-9-7-5-2/h19,21,32,34,40H,4-18,20,22-31,33,35-38H2,1-3H3,(H,42,44)/b21-19+,34-32+. The predicted molar refractivity (Wildman–Crippen MR) is 195 cm³/mol. The highest BCUT2D eigenvalue weighted by Gasteiger charge is 2.16. The Hall–Kier alpha value is -1.38. The molecule has 0 aliphatic heterocycles. The van der Waals surface area contributed by atoms with E-state index in [0.29, 0.717) is 12.8 Å². The maximum absolute atomic E-state index is 12.4. The largest absolute Gasteiger partial charge is 0.356 e. The molecule has 0 aliphatic rings. The van der Waals surface area contributed by atoms with Crippen LogP contribution in [0.15, 0.2) is 24.3 Å². The van der Waals surface area contributed by atoms with E-state index in [4.69, 9.17) is 0 Å². The first kappa shape index (κ1) is 42.6. The zero-order valence-electron chi connectivity index (χ0n) is 30.1. The van der Waals surface area contributed by atoms with Crippen molar-refractivity contribution in [2.45, 2.75) is 213 Å². The van der Waals surface area contributed by atoms with E-state index in [9.17, 15) is 9.59 Å². The van der Waals surface area contributed by atoms with Crippen molar-refractivity contribution in [1.29, 1.82) is 0 Å². The van der Waals surface area contributed by atoms with Crippen LogP contribution in [0.3, 0.4) is 0 Å². The summed E-state index contributed by atoms with van der Waals surface area (Å²) >= 11 is 0. The molecule has 3 heteroatoms. The van der Waals surface area contributed by atoms with Crippen molar-refractivity contribution < 1.29 is 9.59 Å². The van der Waals surface area contributed by atoms with Gasteiger partial charge in [-0.3, -0.25) is 9.59 Å². The van der Waals surface area contributed by atoms with Crippen LogP contribution < -0.4 is 5.32 Å². The zero-order valence-corrected chi connectivity index (χ0v) is 30.1. The van der Waals surface area contributed by atoms with Crippen molar-refractivity contribution in [2.75, 3.05) is 6.54 Å². The second kappa shape index (κ2) is 36.1. The lowest BCUT2D eigenvalue weighted by molar-refractivity contribution is -0.127. The molecule has 0 rings (SSSR count). The van der Waals surface area contributed by atoms with Crippen LogP contribution in [0.5, 0.6) is 0 Å². The average Bonchev–Trinajstić information content (AvgIpc) is 3.01. The van der Waals surface area contributed by atoms with Crippen molar-refractivity contribution in [3.05, 3.63) is 24.3 Å². The number of allylic oxidation sites excluding steroid dienone is 4. The molecule has 1 N–H and O–H groups in total. The van der Waals surface area contributed by atoms with E-state index in [0.717, 1.165) is 19.4 Å². The molecule has 258 valence electrons. The summed E-state index contributed by atoms with van der Waals surface area (Å²) in [7, 11) is 0. The maximum Gasteiger partial charge on any atom is 0.220 e. The number of carbonyl (C=O) groups is 2. The first-order valence-corrected chi connectivity index (χ1v) is 19.7. The minimum atomic E-state index is -0.183. The smallest absolute Gasteiger partial charge is 0.220 e. The lowest BCUT2D eigenvalue weighted by Gasteiger charge is -2.12. The molecule has 0 saturated carbocycles. The zero-order chi connectivity index (χ0) is 32.2. The van der Waals surface area contributed by atoms with Gasteiger partial charge in [-0.05, 0) is 58.3 Å². The molecule has 0 aromatic heterocycles. The summed E-state index contributed by atoms with van der Waals surface area (Å²) in [6, 6.07) is 0. The summed E-state index contributed by atoms with van der Waals surface area (Å²) in [5.41, 5.74) is 0. The van der Waals surface area contributed by atoms with Gasteiger partial charge in [0, 0.05) is 18.9 Å². The Balaban J connectivity index is 3.60. The van der Waals surface area contributed by atoms with Crippen LogP contribution >= 0.6 is 0 Å². The third-order valence-corrected chi connectivity index (χ3v) is 9.08. The Morgan fingerprint density at radius 3 is 1.20 bits per heavy atom. The van der Waals surface area contributed by atoms with Crippen molar-refractivity contribution >= 4 is 11.7 Å². The molecule has 1 atom stereocenters. The number of ketones is 1. The highest BCUT2D eigenvalue weighted by molar-refractivity contribution is 5.85. The van der Waals surface area contributed by atoms with E-state index in [1.165, 1.54) is 167 Å². The van der Waals surface area contributed by atoms with Gasteiger partial charge >= 0.3 is 0 Å². The van der Waals surface area contributed by atoms with E-state index < -0.39 is 0 Å². The molecule has 0 heterocycles. The Labute approximate surface area is 276 Å². The van der Waals surface area contributed by atoms with Gasteiger partial charge in [0.25, 0.3) is 0 Å². The van der Waals surface area contributed by atoms with Crippen LogP contribution in [0.1, 0.15) is 213 Å². The fourth-order valence-electron chi connectivity index (χ4n) is 5.95. The Bertz CT molecular complexity index is 668. The van der Waals surface area contributed by atoms with Crippen LogP contribution in [0.25, 0.3) is 0 Å². The normalized spacial score (nSPS) is 12.4. The lowest BCUT2D eigenvalue weighted by atomic mass is 9.96. The number of amides is 1. The molecule has 0 aromatic carbocycles. The summed E-state index contributed by atoms with van der Waals surface area (Å²) in [6.45, 7) is 6.92. The minimum absolute atomic E-state index is 0.0304. The second-order valence-corrected chi connectivity index (χ2v) is 13.5.